The number of rotatable bonds is 7. The van der Waals surface area contributed by atoms with Crippen molar-refractivity contribution in [2.75, 3.05) is 6.54 Å². The summed E-state index contributed by atoms with van der Waals surface area (Å²) >= 11 is -1.73. The lowest BCUT2D eigenvalue weighted by Crippen LogP contribution is -2.41. The number of esters is 1. The lowest BCUT2D eigenvalue weighted by Gasteiger charge is -2.25. The number of carbonyl (C=O) groups is 2. The van der Waals surface area contributed by atoms with Crippen LogP contribution in [-0.4, -0.2) is 40.1 Å². The molecule has 7 nitrogen and oxygen atoms in total. The third-order valence-corrected chi connectivity index (χ3v) is 5.44. The predicted molar refractivity (Wildman–Crippen MR) is 106 cm³/mol. The minimum Gasteiger partial charge on any atom is -0.441 e. The second-order valence-corrected chi connectivity index (χ2v) is 7.87. The van der Waals surface area contributed by atoms with Gasteiger partial charge in [-0.05, 0) is 31.0 Å². The maximum atomic E-state index is 12.5. The molecule has 0 amide bonds. The van der Waals surface area contributed by atoms with Gasteiger partial charge in [-0.1, -0.05) is 53.1 Å². The Morgan fingerprint density at radius 1 is 1.10 bits per heavy atom. The summed E-state index contributed by atoms with van der Waals surface area (Å²) in [6.45, 7) is 3.49. The minimum atomic E-state index is -1.73. The van der Waals surface area contributed by atoms with Crippen molar-refractivity contribution in [1.82, 2.24) is 5.06 Å². The van der Waals surface area contributed by atoms with Crippen LogP contribution in [0, 0.1) is 6.92 Å². The van der Waals surface area contributed by atoms with E-state index in [0.717, 1.165) is 11.1 Å². The van der Waals surface area contributed by atoms with E-state index in [9.17, 15) is 13.8 Å². The van der Waals surface area contributed by atoms with Gasteiger partial charge in [0.2, 0.25) is 6.23 Å². The van der Waals surface area contributed by atoms with Crippen molar-refractivity contribution in [2.45, 2.75) is 43.9 Å². The molecule has 0 unspecified atom stereocenters. The Morgan fingerprint density at radius 2 is 1.79 bits per heavy atom. The van der Waals surface area contributed by atoms with Crippen molar-refractivity contribution in [3.8, 4) is 0 Å². The molecule has 0 saturated carbocycles. The van der Waals surface area contributed by atoms with Gasteiger partial charge in [-0.25, -0.2) is 9.00 Å². The van der Waals surface area contributed by atoms with Crippen molar-refractivity contribution < 1.29 is 27.6 Å². The van der Waals surface area contributed by atoms with E-state index in [1.807, 2.05) is 49.4 Å². The Morgan fingerprint density at radius 3 is 2.45 bits per heavy atom. The molecule has 29 heavy (non-hydrogen) atoms. The highest BCUT2D eigenvalue weighted by Crippen LogP contribution is 2.25. The fourth-order valence-corrected chi connectivity index (χ4v) is 3.84. The lowest BCUT2D eigenvalue weighted by atomic mass is 10.2. The Kier molecular flexibility index (Phi) is 7.13. The summed E-state index contributed by atoms with van der Waals surface area (Å²) in [5.41, 5.74) is 1.86. The fourth-order valence-electron chi connectivity index (χ4n) is 2.95. The Labute approximate surface area is 172 Å². The molecular formula is C21H23NO6S. The molecule has 0 bridgehead atoms. The zero-order valence-electron chi connectivity index (χ0n) is 16.3. The number of benzene rings is 2. The summed E-state index contributed by atoms with van der Waals surface area (Å²) in [6.07, 6.45) is -1.16. The third kappa shape index (κ3) is 5.96. The number of ether oxygens (including phenoxy) is 1. The molecule has 1 fully saturated rings. The second kappa shape index (κ2) is 9.78. The van der Waals surface area contributed by atoms with E-state index in [-0.39, 0.29) is 6.42 Å². The highest BCUT2D eigenvalue weighted by atomic mass is 32.2. The van der Waals surface area contributed by atoms with Crippen LogP contribution in [0.1, 0.15) is 24.5 Å². The average molecular weight is 417 g/mol. The molecule has 0 aliphatic carbocycles. The molecule has 1 aliphatic heterocycles. The monoisotopic (exact) mass is 417 g/mol. The standard InChI is InChI=1S/C21H23NO6S/c1-15-8-10-18(11-9-15)29(25)28-19-12-13-22(21(19)26-16(2)23)27-20(24)14-17-6-4-3-5-7-17/h3-11,19,21H,12-14H2,1-2H3/t19-,21-,29-/m0/s1. The van der Waals surface area contributed by atoms with E-state index in [1.54, 1.807) is 12.1 Å². The molecule has 0 N–H and O–H groups in total. The van der Waals surface area contributed by atoms with Crippen molar-refractivity contribution in [1.29, 1.82) is 0 Å². The number of carbonyl (C=O) groups excluding carboxylic acids is 2. The van der Waals surface area contributed by atoms with E-state index in [2.05, 4.69) is 0 Å². The molecule has 1 heterocycles. The Balaban J connectivity index is 1.64. The molecule has 3 atom stereocenters. The van der Waals surface area contributed by atoms with Crippen molar-refractivity contribution >= 4 is 23.0 Å². The summed E-state index contributed by atoms with van der Waals surface area (Å²) in [4.78, 5) is 29.7. The van der Waals surface area contributed by atoms with Crippen LogP contribution in [0.5, 0.6) is 0 Å². The maximum Gasteiger partial charge on any atom is 0.329 e. The van der Waals surface area contributed by atoms with Crippen molar-refractivity contribution in [2.24, 2.45) is 0 Å². The molecule has 3 rings (SSSR count). The van der Waals surface area contributed by atoms with Crippen molar-refractivity contribution in [3.63, 3.8) is 0 Å². The van der Waals surface area contributed by atoms with Gasteiger partial charge in [0.25, 0.3) is 0 Å². The SMILES string of the molecule is CC(=O)O[C@H]1[C@@H](O[S@](=O)c2ccc(C)cc2)CCN1OC(=O)Cc1ccccc1. The molecule has 2 aromatic rings. The fraction of sp³-hybridized carbons (Fsp3) is 0.333. The summed E-state index contributed by atoms with van der Waals surface area (Å²) < 4.78 is 23.5. The first-order valence-corrected chi connectivity index (χ1v) is 10.3. The largest absolute Gasteiger partial charge is 0.441 e. The average Bonchev–Trinajstić information content (AvgIpc) is 3.03. The predicted octanol–water partition coefficient (Wildman–Crippen LogP) is 2.70. The zero-order valence-corrected chi connectivity index (χ0v) is 17.1. The van der Waals surface area contributed by atoms with E-state index in [4.69, 9.17) is 13.8 Å². The van der Waals surface area contributed by atoms with Gasteiger partial charge < -0.3 is 9.57 Å². The van der Waals surface area contributed by atoms with Gasteiger partial charge in [-0.15, -0.1) is 0 Å². The molecule has 0 spiro atoms. The van der Waals surface area contributed by atoms with Gasteiger partial charge in [0.1, 0.15) is 6.10 Å². The molecular weight excluding hydrogens is 394 g/mol. The maximum absolute atomic E-state index is 12.5. The number of hydrogen-bond acceptors (Lipinski definition) is 7. The van der Waals surface area contributed by atoms with E-state index >= 15 is 0 Å². The second-order valence-electron chi connectivity index (χ2n) is 6.74. The Bertz CT molecular complexity index is 870. The van der Waals surface area contributed by atoms with Gasteiger partial charge in [0.05, 0.1) is 11.3 Å². The van der Waals surface area contributed by atoms with Crippen LogP contribution in [-0.2, 0) is 40.8 Å². The highest BCUT2D eigenvalue weighted by molar-refractivity contribution is 7.80. The number of aryl methyl sites for hydroxylation is 1. The van der Waals surface area contributed by atoms with Gasteiger partial charge in [0, 0.05) is 13.5 Å². The van der Waals surface area contributed by atoms with E-state index in [0.29, 0.717) is 17.9 Å². The molecule has 8 heteroatoms. The molecule has 0 radical (unpaired) electrons. The van der Waals surface area contributed by atoms with Crippen LogP contribution < -0.4 is 0 Å². The van der Waals surface area contributed by atoms with Gasteiger partial charge in [-0.3, -0.25) is 8.98 Å². The quantitative estimate of drug-likeness (QED) is 0.641. The van der Waals surface area contributed by atoms with Gasteiger partial charge in [-0.2, -0.15) is 0 Å². The van der Waals surface area contributed by atoms with Crippen LogP contribution in [0.3, 0.4) is 0 Å². The molecule has 1 aliphatic rings. The summed E-state index contributed by atoms with van der Waals surface area (Å²) in [5.74, 6) is -1.02. The number of nitrogens with zero attached hydrogens (tertiary/aromatic N) is 1. The van der Waals surface area contributed by atoms with Gasteiger partial charge in [0.15, 0.2) is 11.1 Å². The van der Waals surface area contributed by atoms with Crippen LogP contribution in [0.4, 0.5) is 0 Å². The van der Waals surface area contributed by atoms with Crippen LogP contribution in [0.25, 0.3) is 0 Å². The highest BCUT2D eigenvalue weighted by Gasteiger charge is 2.41. The summed E-state index contributed by atoms with van der Waals surface area (Å²) in [7, 11) is 0. The molecule has 154 valence electrons. The summed E-state index contributed by atoms with van der Waals surface area (Å²) in [5, 5.41) is 1.28. The molecule has 1 saturated heterocycles. The lowest BCUT2D eigenvalue weighted by molar-refractivity contribution is -0.235. The topological polar surface area (TPSA) is 82.1 Å². The van der Waals surface area contributed by atoms with Gasteiger partial charge >= 0.3 is 11.9 Å². The van der Waals surface area contributed by atoms with Crippen LogP contribution in [0.15, 0.2) is 59.5 Å². The normalized spacial score (nSPS) is 20.2. The molecule has 0 aromatic heterocycles. The minimum absolute atomic E-state index is 0.0882. The van der Waals surface area contributed by atoms with Crippen molar-refractivity contribution in [3.05, 3.63) is 65.7 Å². The molecule has 2 aromatic carbocycles. The first kappa shape index (κ1) is 21.2. The zero-order chi connectivity index (χ0) is 20.8. The number of hydroxylamine groups is 2. The smallest absolute Gasteiger partial charge is 0.329 e. The third-order valence-electron chi connectivity index (χ3n) is 4.36. The first-order chi connectivity index (χ1) is 13.9. The van der Waals surface area contributed by atoms with E-state index in [1.165, 1.54) is 12.0 Å². The van der Waals surface area contributed by atoms with Crippen LogP contribution >= 0.6 is 0 Å². The number of hydrogen-bond donors (Lipinski definition) is 0. The van der Waals surface area contributed by atoms with Crippen LogP contribution in [0.2, 0.25) is 0 Å². The first-order valence-electron chi connectivity index (χ1n) is 9.26. The summed E-state index contributed by atoms with van der Waals surface area (Å²) in [6, 6.07) is 16.3. The van der Waals surface area contributed by atoms with E-state index < -0.39 is 35.4 Å². The Hall–Kier alpha value is -2.55.